The number of benzene rings is 1. The van der Waals surface area contributed by atoms with E-state index >= 15 is 0 Å². The Labute approximate surface area is 148 Å². The van der Waals surface area contributed by atoms with E-state index in [0.29, 0.717) is 16.6 Å². The fourth-order valence-corrected chi connectivity index (χ4v) is 4.22. The Balaban J connectivity index is 1.82. The number of thiazole rings is 1. The van der Waals surface area contributed by atoms with Crippen molar-refractivity contribution in [2.45, 2.75) is 17.0 Å². The second-order valence-corrected chi connectivity index (χ2v) is 9.14. The molecule has 1 atom stereocenters. The zero-order valence-electron chi connectivity index (χ0n) is 13.5. The van der Waals surface area contributed by atoms with Gasteiger partial charge in [0.15, 0.2) is 20.6 Å². The smallest absolute Gasteiger partial charge is 0.204 e. The first-order valence-corrected chi connectivity index (χ1v) is 10.3. The third-order valence-corrected chi connectivity index (χ3v) is 6.27. The molecule has 134 valence electrons. The summed E-state index contributed by atoms with van der Waals surface area (Å²) in [6.07, 6.45) is 2.70. The summed E-state index contributed by atoms with van der Waals surface area (Å²) in [5.74, 6) is -0.331. The van der Waals surface area contributed by atoms with Crippen LogP contribution in [0.4, 0.5) is 9.52 Å². The normalized spacial score (nSPS) is 20.8. The zero-order chi connectivity index (χ0) is 18.2. The number of hydrogen-bond donors (Lipinski definition) is 1. The summed E-state index contributed by atoms with van der Waals surface area (Å²) >= 11 is 1.13. The predicted octanol–water partition coefficient (Wildman–Crippen LogP) is 1.69. The molecule has 1 saturated heterocycles. The van der Waals surface area contributed by atoms with Crippen LogP contribution in [0.1, 0.15) is 21.7 Å². The zero-order valence-corrected chi connectivity index (χ0v) is 15.1. The third kappa shape index (κ3) is 3.73. The molecule has 1 fully saturated rings. The van der Waals surface area contributed by atoms with Crippen LogP contribution in [0, 0.1) is 0 Å². The van der Waals surface area contributed by atoms with E-state index < -0.39 is 22.1 Å². The topological polar surface area (TPSA) is 87.6 Å². The molecule has 0 saturated carbocycles. The average molecular weight is 384 g/mol. The van der Waals surface area contributed by atoms with Crippen molar-refractivity contribution in [1.82, 2.24) is 4.98 Å². The van der Waals surface area contributed by atoms with E-state index in [0.717, 1.165) is 17.6 Å². The van der Waals surface area contributed by atoms with Crippen molar-refractivity contribution in [2.24, 2.45) is 0 Å². The van der Waals surface area contributed by atoms with Gasteiger partial charge in [-0.2, -0.15) is 0 Å². The van der Waals surface area contributed by atoms with E-state index in [4.69, 9.17) is 5.11 Å². The van der Waals surface area contributed by atoms with E-state index in [1.165, 1.54) is 24.4 Å². The summed E-state index contributed by atoms with van der Waals surface area (Å²) in [5, 5.41) is 9.61. The lowest BCUT2D eigenvalue weighted by atomic mass is 10.1. The van der Waals surface area contributed by atoms with Gasteiger partial charge in [-0.15, -0.1) is 0 Å². The van der Waals surface area contributed by atoms with E-state index in [-0.39, 0.29) is 29.2 Å². The third-order valence-electron chi connectivity index (χ3n) is 4.10. The van der Waals surface area contributed by atoms with Gasteiger partial charge in [-0.3, -0.25) is 4.79 Å². The van der Waals surface area contributed by atoms with Gasteiger partial charge in [-0.05, 0) is 12.1 Å². The summed E-state index contributed by atoms with van der Waals surface area (Å²) in [4.78, 5) is 18.9. The molecule has 2 heterocycles. The number of aromatic nitrogens is 1. The summed E-state index contributed by atoms with van der Waals surface area (Å²) in [6.45, 7) is -0.0884. The van der Waals surface area contributed by atoms with Gasteiger partial charge >= 0.3 is 0 Å². The fraction of sp³-hybridized carbons (Fsp3) is 0.375. The number of carbonyl (C=O) groups is 1. The largest absolute Gasteiger partial charge is 0.393 e. The quantitative estimate of drug-likeness (QED) is 0.790. The Morgan fingerprint density at radius 2 is 2.24 bits per heavy atom. The first kappa shape index (κ1) is 18.0. The van der Waals surface area contributed by atoms with Crippen molar-refractivity contribution < 1.29 is 22.7 Å². The molecule has 1 aromatic carbocycles. The molecule has 1 N–H and O–H groups in total. The second-order valence-electron chi connectivity index (χ2n) is 6.12. The van der Waals surface area contributed by atoms with Gasteiger partial charge < -0.3 is 10.0 Å². The number of hydrogen-bond acceptors (Lipinski definition) is 7. The van der Waals surface area contributed by atoms with Crippen molar-refractivity contribution in [3.63, 3.8) is 0 Å². The average Bonchev–Trinajstić information content (AvgIpc) is 3.21. The van der Waals surface area contributed by atoms with Crippen LogP contribution in [0.15, 0.2) is 35.4 Å². The number of ketones is 1. The van der Waals surface area contributed by atoms with Crippen LogP contribution in [0.25, 0.3) is 0 Å². The Bertz CT molecular complexity index is 912. The predicted molar refractivity (Wildman–Crippen MR) is 92.9 cm³/mol. The standard InChI is InChI=1S/C16H17FN2O4S2/c1-25(22,23)12-4-2-3-11(7-12)14(21)13-8-18-15(24-13)19-6-5-16(17,9-19)10-20/h2-4,7-8,20H,5-6,9-10H2,1H3/t16-/m0/s1. The Morgan fingerprint density at radius 3 is 2.88 bits per heavy atom. The van der Waals surface area contributed by atoms with Crippen LogP contribution in [0.2, 0.25) is 0 Å². The van der Waals surface area contributed by atoms with Gasteiger partial charge in [-0.25, -0.2) is 17.8 Å². The lowest BCUT2D eigenvalue weighted by Gasteiger charge is -2.17. The highest BCUT2D eigenvalue weighted by molar-refractivity contribution is 7.90. The Morgan fingerprint density at radius 1 is 1.48 bits per heavy atom. The number of alkyl halides is 1. The molecule has 0 spiro atoms. The molecule has 1 aliphatic rings. The molecular weight excluding hydrogens is 367 g/mol. The molecule has 0 bridgehead atoms. The van der Waals surface area contributed by atoms with Gasteiger partial charge in [0.1, 0.15) is 0 Å². The van der Waals surface area contributed by atoms with Crippen LogP contribution in [0.5, 0.6) is 0 Å². The maximum absolute atomic E-state index is 14.1. The molecule has 0 radical (unpaired) electrons. The monoisotopic (exact) mass is 384 g/mol. The van der Waals surface area contributed by atoms with Crippen molar-refractivity contribution in [2.75, 3.05) is 30.9 Å². The van der Waals surface area contributed by atoms with Crippen LogP contribution in [0.3, 0.4) is 0 Å². The van der Waals surface area contributed by atoms with Gasteiger partial charge in [0.05, 0.1) is 29.1 Å². The van der Waals surface area contributed by atoms with Gasteiger partial charge in [0.2, 0.25) is 5.78 Å². The Kier molecular flexibility index (Phi) is 4.65. The molecule has 6 nitrogen and oxygen atoms in total. The molecule has 2 aromatic rings. The van der Waals surface area contributed by atoms with Crippen molar-refractivity contribution in [3.05, 3.63) is 40.9 Å². The number of aliphatic hydroxyl groups excluding tert-OH is 1. The van der Waals surface area contributed by atoms with E-state index in [2.05, 4.69) is 4.98 Å². The van der Waals surface area contributed by atoms with Crippen LogP contribution >= 0.6 is 11.3 Å². The molecule has 9 heteroatoms. The first-order valence-electron chi connectivity index (χ1n) is 7.57. The molecule has 0 amide bonds. The van der Waals surface area contributed by atoms with Crippen molar-refractivity contribution in [3.8, 4) is 0 Å². The molecule has 0 aliphatic carbocycles. The summed E-state index contributed by atoms with van der Waals surface area (Å²) in [7, 11) is -3.40. The van der Waals surface area contributed by atoms with Crippen LogP contribution < -0.4 is 4.90 Å². The minimum absolute atomic E-state index is 0.0359. The maximum atomic E-state index is 14.1. The van der Waals surface area contributed by atoms with E-state index in [9.17, 15) is 17.6 Å². The van der Waals surface area contributed by atoms with Crippen molar-refractivity contribution >= 4 is 32.1 Å². The minimum atomic E-state index is -3.40. The highest BCUT2D eigenvalue weighted by Crippen LogP contribution is 2.32. The fourth-order valence-electron chi connectivity index (χ4n) is 2.65. The maximum Gasteiger partial charge on any atom is 0.204 e. The Hall–Kier alpha value is -1.84. The highest BCUT2D eigenvalue weighted by Gasteiger charge is 2.38. The lowest BCUT2D eigenvalue weighted by Crippen LogP contribution is -2.32. The summed E-state index contributed by atoms with van der Waals surface area (Å²) < 4.78 is 37.4. The summed E-state index contributed by atoms with van der Waals surface area (Å²) in [5.41, 5.74) is -1.38. The van der Waals surface area contributed by atoms with E-state index in [1.54, 1.807) is 11.0 Å². The van der Waals surface area contributed by atoms with Gasteiger partial charge in [-0.1, -0.05) is 23.5 Å². The number of halogens is 1. The molecule has 1 aromatic heterocycles. The summed E-state index contributed by atoms with van der Waals surface area (Å²) in [6, 6.07) is 5.84. The number of sulfone groups is 1. The lowest BCUT2D eigenvalue weighted by molar-refractivity contribution is 0.0910. The number of rotatable bonds is 5. The van der Waals surface area contributed by atoms with Crippen molar-refractivity contribution in [1.29, 1.82) is 0 Å². The minimum Gasteiger partial charge on any atom is -0.393 e. The molecule has 25 heavy (non-hydrogen) atoms. The number of carbonyl (C=O) groups excluding carboxylic acids is 1. The van der Waals surface area contributed by atoms with Gasteiger partial charge in [0, 0.05) is 24.8 Å². The molecule has 0 unspecified atom stereocenters. The van der Waals surface area contributed by atoms with E-state index in [1.807, 2.05) is 0 Å². The molecule has 3 rings (SSSR count). The highest BCUT2D eigenvalue weighted by atomic mass is 32.2. The van der Waals surface area contributed by atoms with Gasteiger partial charge in [0.25, 0.3) is 0 Å². The number of aliphatic hydroxyl groups is 1. The number of anilines is 1. The molecule has 1 aliphatic heterocycles. The first-order chi connectivity index (χ1) is 11.7. The molecular formula is C16H17FN2O4S2. The van der Waals surface area contributed by atoms with Crippen LogP contribution in [-0.4, -0.2) is 55.9 Å². The SMILES string of the molecule is CS(=O)(=O)c1cccc(C(=O)c2cnc(N3CC[C@@](F)(CO)C3)s2)c1. The number of nitrogens with zero attached hydrogens (tertiary/aromatic N) is 2. The van der Waals surface area contributed by atoms with Crippen LogP contribution in [-0.2, 0) is 9.84 Å². The second kappa shape index (κ2) is 6.47.